The normalized spacial score (nSPS) is 10.8. The Hall–Kier alpha value is -3.07. The molecule has 1 aromatic heterocycles. The van der Waals surface area contributed by atoms with Crippen LogP contribution in [-0.2, 0) is 0 Å². The molecule has 0 saturated carbocycles. The van der Waals surface area contributed by atoms with E-state index in [0.717, 1.165) is 17.1 Å². The molecule has 23 heavy (non-hydrogen) atoms. The molecule has 0 fully saturated rings. The first kappa shape index (κ1) is 13.6. The number of fused-ring (bicyclic) bond motifs is 1. The SMILES string of the molecule is COc1ccc(-[n+]2cn(-c3ccccc3)c3ccccc32)cc1. The molecule has 3 heteroatoms. The van der Waals surface area contributed by atoms with Crippen LogP contribution in [0, 0.1) is 0 Å². The number of rotatable bonds is 3. The number of hydrogen-bond donors (Lipinski definition) is 0. The van der Waals surface area contributed by atoms with Crippen molar-refractivity contribution >= 4 is 11.0 Å². The van der Waals surface area contributed by atoms with E-state index in [1.165, 1.54) is 11.0 Å². The Labute approximate surface area is 135 Å². The zero-order valence-corrected chi connectivity index (χ0v) is 12.9. The van der Waals surface area contributed by atoms with Gasteiger partial charge in [0.1, 0.15) is 17.1 Å². The number of imidazole rings is 1. The fraction of sp³-hybridized carbons (Fsp3) is 0.0500. The van der Waals surface area contributed by atoms with Gasteiger partial charge in [0.05, 0.1) is 7.11 Å². The third kappa shape index (κ3) is 2.36. The van der Waals surface area contributed by atoms with Crippen molar-refractivity contribution in [1.82, 2.24) is 4.57 Å². The second-order valence-corrected chi connectivity index (χ2v) is 5.38. The molecule has 0 N–H and O–H groups in total. The van der Waals surface area contributed by atoms with E-state index in [-0.39, 0.29) is 0 Å². The van der Waals surface area contributed by atoms with Crippen molar-refractivity contribution in [3.8, 4) is 17.1 Å². The molecular formula is C20H17N2O+. The summed E-state index contributed by atoms with van der Waals surface area (Å²) in [6.45, 7) is 0. The molecule has 4 aromatic rings. The highest BCUT2D eigenvalue weighted by atomic mass is 16.5. The van der Waals surface area contributed by atoms with Gasteiger partial charge in [0.25, 0.3) is 6.33 Å². The molecule has 0 amide bonds. The lowest BCUT2D eigenvalue weighted by molar-refractivity contribution is -0.567. The minimum atomic E-state index is 0.862. The lowest BCUT2D eigenvalue weighted by Crippen LogP contribution is -2.28. The maximum atomic E-state index is 5.25. The highest BCUT2D eigenvalue weighted by Crippen LogP contribution is 2.19. The third-order valence-electron chi connectivity index (χ3n) is 4.02. The van der Waals surface area contributed by atoms with E-state index in [2.05, 4.69) is 76.1 Å². The highest BCUT2D eigenvalue weighted by molar-refractivity contribution is 5.74. The monoisotopic (exact) mass is 301 g/mol. The smallest absolute Gasteiger partial charge is 0.255 e. The van der Waals surface area contributed by atoms with Gasteiger partial charge in [-0.2, -0.15) is 9.13 Å². The summed E-state index contributed by atoms with van der Waals surface area (Å²) in [4.78, 5) is 0. The Morgan fingerprint density at radius 1 is 0.783 bits per heavy atom. The zero-order chi connectivity index (χ0) is 15.6. The third-order valence-corrected chi connectivity index (χ3v) is 4.02. The molecule has 0 bridgehead atoms. The van der Waals surface area contributed by atoms with Crippen molar-refractivity contribution in [3.63, 3.8) is 0 Å². The summed E-state index contributed by atoms with van der Waals surface area (Å²) >= 11 is 0. The predicted octanol–water partition coefficient (Wildman–Crippen LogP) is 3.92. The molecule has 0 aliphatic carbocycles. The molecule has 0 aliphatic heterocycles. The minimum Gasteiger partial charge on any atom is -0.497 e. The molecule has 4 rings (SSSR count). The Kier molecular flexibility index (Phi) is 3.31. The summed E-state index contributed by atoms with van der Waals surface area (Å²) in [5.74, 6) is 0.862. The summed E-state index contributed by atoms with van der Waals surface area (Å²) in [5.41, 5.74) is 4.60. The van der Waals surface area contributed by atoms with Crippen LogP contribution >= 0.6 is 0 Å². The largest absolute Gasteiger partial charge is 0.497 e. The summed E-state index contributed by atoms with van der Waals surface area (Å²) in [6.07, 6.45) is 2.13. The first-order valence-electron chi connectivity index (χ1n) is 7.58. The molecule has 0 saturated heterocycles. The van der Waals surface area contributed by atoms with Crippen molar-refractivity contribution in [2.75, 3.05) is 7.11 Å². The van der Waals surface area contributed by atoms with Gasteiger partial charge in [-0.05, 0) is 48.5 Å². The van der Waals surface area contributed by atoms with Crippen molar-refractivity contribution in [2.45, 2.75) is 0 Å². The Bertz CT molecular complexity index is 940. The van der Waals surface area contributed by atoms with Gasteiger partial charge in [0, 0.05) is 0 Å². The molecule has 0 spiro atoms. The van der Waals surface area contributed by atoms with Crippen molar-refractivity contribution in [2.24, 2.45) is 0 Å². The van der Waals surface area contributed by atoms with Crippen LogP contribution in [0.3, 0.4) is 0 Å². The number of benzene rings is 3. The van der Waals surface area contributed by atoms with E-state index in [1.54, 1.807) is 7.11 Å². The van der Waals surface area contributed by atoms with Gasteiger partial charge in [0.15, 0.2) is 11.0 Å². The van der Waals surface area contributed by atoms with Crippen molar-refractivity contribution in [1.29, 1.82) is 0 Å². The quantitative estimate of drug-likeness (QED) is 0.525. The standard InChI is InChI=1S/C20H17N2O/c1-23-18-13-11-17(12-14-18)22-15-21(16-7-3-2-4-8-16)19-9-5-6-10-20(19)22/h2-15H,1H3/q+1. The van der Waals surface area contributed by atoms with Crippen LogP contribution in [-0.4, -0.2) is 11.7 Å². The molecule has 112 valence electrons. The first-order chi connectivity index (χ1) is 11.4. The van der Waals surface area contributed by atoms with Crippen molar-refractivity contribution in [3.05, 3.63) is 85.2 Å². The van der Waals surface area contributed by atoms with Crippen LogP contribution in [0.15, 0.2) is 85.2 Å². The summed E-state index contributed by atoms with van der Waals surface area (Å²) in [5, 5.41) is 0. The predicted molar refractivity (Wildman–Crippen MR) is 91.4 cm³/mol. The maximum Gasteiger partial charge on any atom is 0.255 e. The second-order valence-electron chi connectivity index (χ2n) is 5.38. The van der Waals surface area contributed by atoms with Gasteiger partial charge in [-0.1, -0.05) is 30.3 Å². The topological polar surface area (TPSA) is 18.0 Å². The molecule has 0 atom stereocenters. The number of hydrogen-bond acceptors (Lipinski definition) is 1. The lowest BCUT2D eigenvalue weighted by atomic mass is 10.2. The van der Waals surface area contributed by atoms with Crippen LogP contribution < -0.4 is 9.30 Å². The average Bonchev–Trinajstić information content (AvgIpc) is 3.02. The van der Waals surface area contributed by atoms with Crippen LogP contribution in [0.4, 0.5) is 0 Å². The lowest BCUT2D eigenvalue weighted by Gasteiger charge is -2.00. The number of ether oxygens (including phenoxy) is 1. The number of aromatic nitrogens is 2. The summed E-state index contributed by atoms with van der Waals surface area (Å²) in [7, 11) is 1.68. The van der Waals surface area contributed by atoms with Gasteiger partial charge < -0.3 is 4.74 Å². The summed E-state index contributed by atoms with van der Waals surface area (Å²) in [6, 6.07) is 26.9. The molecule has 0 aliphatic rings. The van der Waals surface area contributed by atoms with Gasteiger partial charge in [-0.3, -0.25) is 0 Å². The molecule has 0 unspecified atom stereocenters. The summed E-state index contributed by atoms with van der Waals surface area (Å²) < 4.78 is 9.66. The number of nitrogens with zero attached hydrogens (tertiary/aromatic N) is 2. The average molecular weight is 301 g/mol. The molecular weight excluding hydrogens is 284 g/mol. The van der Waals surface area contributed by atoms with Crippen LogP contribution in [0.25, 0.3) is 22.4 Å². The fourth-order valence-corrected chi connectivity index (χ4v) is 2.85. The van der Waals surface area contributed by atoms with E-state index >= 15 is 0 Å². The van der Waals surface area contributed by atoms with Gasteiger partial charge in [-0.25, -0.2) is 0 Å². The van der Waals surface area contributed by atoms with E-state index in [9.17, 15) is 0 Å². The Morgan fingerprint density at radius 3 is 2.22 bits per heavy atom. The van der Waals surface area contributed by atoms with E-state index < -0.39 is 0 Å². The highest BCUT2D eigenvalue weighted by Gasteiger charge is 2.18. The Balaban J connectivity index is 1.93. The Morgan fingerprint density at radius 2 is 1.48 bits per heavy atom. The first-order valence-corrected chi connectivity index (χ1v) is 7.58. The van der Waals surface area contributed by atoms with Crippen LogP contribution in [0.5, 0.6) is 5.75 Å². The molecule has 1 heterocycles. The van der Waals surface area contributed by atoms with E-state index in [0.29, 0.717) is 0 Å². The maximum absolute atomic E-state index is 5.25. The number of methoxy groups -OCH3 is 1. The molecule has 3 aromatic carbocycles. The van der Waals surface area contributed by atoms with Gasteiger partial charge in [-0.15, -0.1) is 0 Å². The van der Waals surface area contributed by atoms with Crippen molar-refractivity contribution < 1.29 is 9.30 Å². The van der Waals surface area contributed by atoms with E-state index in [4.69, 9.17) is 4.74 Å². The zero-order valence-electron chi connectivity index (χ0n) is 12.9. The molecule has 0 radical (unpaired) electrons. The van der Waals surface area contributed by atoms with Crippen LogP contribution in [0.1, 0.15) is 0 Å². The van der Waals surface area contributed by atoms with E-state index in [1.807, 2.05) is 18.2 Å². The molecule has 3 nitrogen and oxygen atoms in total. The van der Waals surface area contributed by atoms with Gasteiger partial charge in [0.2, 0.25) is 0 Å². The fourth-order valence-electron chi connectivity index (χ4n) is 2.85. The second kappa shape index (κ2) is 5.61. The van der Waals surface area contributed by atoms with Crippen LogP contribution in [0.2, 0.25) is 0 Å². The minimum absolute atomic E-state index is 0.862. The van der Waals surface area contributed by atoms with Gasteiger partial charge >= 0.3 is 0 Å². The number of para-hydroxylation sites is 3.